The van der Waals surface area contributed by atoms with Crippen LogP contribution in [0.3, 0.4) is 0 Å². The number of nitrogens with zero attached hydrogens (tertiary/aromatic N) is 3. The molecule has 0 aliphatic rings. The summed E-state index contributed by atoms with van der Waals surface area (Å²) in [4.78, 5) is 28.0. The van der Waals surface area contributed by atoms with Crippen LogP contribution in [0.1, 0.15) is 49.8 Å². The molecular weight excluding hydrogens is 364 g/mol. The van der Waals surface area contributed by atoms with Crippen molar-refractivity contribution >= 4 is 28.3 Å². The van der Waals surface area contributed by atoms with Crippen molar-refractivity contribution in [1.29, 1.82) is 0 Å². The van der Waals surface area contributed by atoms with Crippen LogP contribution >= 0.6 is 11.3 Å². The summed E-state index contributed by atoms with van der Waals surface area (Å²) in [6.07, 6.45) is 1.12. The van der Waals surface area contributed by atoms with Crippen LogP contribution in [0, 0.1) is 19.8 Å². The molecule has 0 fully saturated rings. The molecule has 27 heavy (non-hydrogen) atoms. The van der Waals surface area contributed by atoms with Crippen LogP contribution in [0.5, 0.6) is 0 Å². The Morgan fingerprint density at radius 1 is 1.33 bits per heavy atom. The van der Waals surface area contributed by atoms with Gasteiger partial charge in [0.1, 0.15) is 0 Å². The standard InChI is InChI=1S/C19H28N4O3S/c1-6-26-18(25)9-15-11-27-19(20-15)21-17(24)8-7-16-13(4)22-23(14(16)5)10-12(2)3/h11-12H,6-10H2,1-5H3,(H,20,21,24). The topological polar surface area (TPSA) is 86.1 Å². The van der Waals surface area contributed by atoms with Crippen LogP contribution < -0.4 is 5.32 Å². The number of ether oxygens (including phenoxy) is 1. The van der Waals surface area contributed by atoms with Gasteiger partial charge in [0.05, 0.1) is 24.4 Å². The average molecular weight is 393 g/mol. The first-order chi connectivity index (χ1) is 12.8. The SMILES string of the molecule is CCOC(=O)Cc1csc(NC(=O)CCc2c(C)nn(CC(C)C)c2C)n1. The molecule has 0 bridgehead atoms. The van der Waals surface area contributed by atoms with E-state index < -0.39 is 0 Å². The maximum Gasteiger partial charge on any atom is 0.311 e. The number of nitrogens with one attached hydrogen (secondary N) is 1. The summed E-state index contributed by atoms with van der Waals surface area (Å²) in [5, 5.41) is 9.66. The molecule has 2 rings (SSSR count). The van der Waals surface area contributed by atoms with Gasteiger partial charge in [-0.2, -0.15) is 5.10 Å². The molecule has 0 radical (unpaired) electrons. The van der Waals surface area contributed by atoms with Gasteiger partial charge in [0.2, 0.25) is 5.91 Å². The van der Waals surface area contributed by atoms with Crippen LogP contribution in [0.15, 0.2) is 5.38 Å². The van der Waals surface area contributed by atoms with Crippen molar-refractivity contribution in [3.8, 4) is 0 Å². The van der Waals surface area contributed by atoms with E-state index in [2.05, 4.69) is 36.2 Å². The molecule has 8 heteroatoms. The summed E-state index contributed by atoms with van der Waals surface area (Å²) in [6.45, 7) is 11.3. The third kappa shape index (κ3) is 6.16. The van der Waals surface area contributed by atoms with Gasteiger partial charge in [-0.1, -0.05) is 13.8 Å². The number of rotatable bonds is 9. The maximum atomic E-state index is 12.3. The minimum absolute atomic E-state index is 0.0950. The number of hydrogen-bond acceptors (Lipinski definition) is 6. The normalized spacial score (nSPS) is 11.0. The lowest BCUT2D eigenvalue weighted by molar-refractivity contribution is -0.142. The number of aryl methyl sites for hydroxylation is 1. The summed E-state index contributed by atoms with van der Waals surface area (Å²) in [7, 11) is 0. The summed E-state index contributed by atoms with van der Waals surface area (Å²) < 4.78 is 6.93. The quantitative estimate of drug-likeness (QED) is 0.662. The average Bonchev–Trinajstić information content (AvgIpc) is 3.10. The van der Waals surface area contributed by atoms with Crippen molar-refractivity contribution in [3.63, 3.8) is 0 Å². The first-order valence-electron chi connectivity index (χ1n) is 9.22. The van der Waals surface area contributed by atoms with Gasteiger partial charge in [0.25, 0.3) is 0 Å². The van der Waals surface area contributed by atoms with Crippen LogP contribution in [0.2, 0.25) is 0 Å². The molecule has 0 atom stereocenters. The number of aromatic nitrogens is 3. The molecular formula is C19H28N4O3S. The fourth-order valence-electron chi connectivity index (χ4n) is 2.85. The van der Waals surface area contributed by atoms with E-state index in [1.807, 2.05) is 11.6 Å². The van der Waals surface area contributed by atoms with Gasteiger partial charge < -0.3 is 10.1 Å². The predicted molar refractivity (Wildman–Crippen MR) is 106 cm³/mol. The van der Waals surface area contributed by atoms with Crippen molar-refractivity contribution in [2.45, 2.75) is 60.4 Å². The monoisotopic (exact) mass is 392 g/mol. The van der Waals surface area contributed by atoms with Crippen LogP contribution in [0.25, 0.3) is 0 Å². The highest BCUT2D eigenvalue weighted by Gasteiger charge is 2.15. The van der Waals surface area contributed by atoms with E-state index in [-0.39, 0.29) is 18.3 Å². The number of esters is 1. The van der Waals surface area contributed by atoms with Crippen molar-refractivity contribution in [3.05, 3.63) is 28.0 Å². The van der Waals surface area contributed by atoms with Gasteiger partial charge in [-0.3, -0.25) is 14.3 Å². The van der Waals surface area contributed by atoms with Crippen molar-refractivity contribution in [2.75, 3.05) is 11.9 Å². The molecule has 0 aliphatic heterocycles. The third-order valence-corrected chi connectivity index (χ3v) is 4.91. The number of thiazole rings is 1. The summed E-state index contributed by atoms with van der Waals surface area (Å²) in [5.41, 5.74) is 3.84. The van der Waals surface area contributed by atoms with Crippen LogP contribution in [-0.2, 0) is 33.7 Å². The Kier molecular flexibility index (Phi) is 7.53. The minimum Gasteiger partial charge on any atom is -0.466 e. The second kappa shape index (κ2) is 9.64. The van der Waals surface area contributed by atoms with E-state index in [4.69, 9.17) is 4.74 Å². The Bertz CT molecular complexity index is 795. The van der Waals surface area contributed by atoms with Gasteiger partial charge >= 0.3 is 5.97 Å². The molecule has 2 aromatic rings. The number of hydrogen-bond donors (Lipinski definition) is 1. The zero-order valence-corrected chi connectivity index (χ0v) is 17.5. The molecule has 0 aromatic carbocycles. The molecule has 0 spiro atoms. The Balaban J connectivity index is 1.89. The van der Waals surface area contributed by atoms with Crippen molar-refractivity contribution in [1.82, 2.24) is 14.8 Å². The Morgan fingerprint density at radius 3 is 2.74 bits per heavy atom. The summed E-state index contributed by atoms with van der Waals surface area (Å²) in [6, 6.07) is 0. The van der Waals surface area contributed by atoms with Gasteiger partial charge in [-0.05, 0) is 38.7 Å². The zero-order chi connectivity index (χ0) is 20.0. The molecule has 1 N–H and O–H groups in total. The molecule has 0 saturated heterocycles. The number of amides is 1. The van der Waals surface area contributed by atoms with E-state index >= 15 is 0 Å². The smallest absolute Gasteiger partial charge is 0.311 e. The van der Waals surface area contributed by atoms with Gasteiger partial charge in [-0.15, -0.1) is 11.3 Å². The third-order valence-electron chi connectivity index (χ3n) is 4.10. The fourth-order valence-corrected chi connectivity index (χ4v) is 3.57. The first-order valence-corrected chi connectivity index (χ1v) is 10.1. The van der Waals surface area contributed by atoms with E-state index in [0.717, 1.165) is 23.5 Å². The lowest BCUT2D eigenvalue weighted by Crippen LogP contribution is -2.13. The van der Waals surface area contributed by atoms with E-state index in [9.17, 15) is 9.59 Å². The Morgan fingerprint density at radius 2 is 2.07 bits per heavy atom. The van der Waals surface area contributed by atoms with E-state index in [0.29, 0.717) is 36.2 Å². The fraction of sp³-hybridized carbons (Fsp3) is 0.579. The number of anilines is 1. The van der Waals surface area contributed by atoms with Crippen molar-refractivity contribution < 1.29 is 14.3 Å². The zero-order valence-electron chi connectivity index (χ0n) is 16.7. The van der Waals surface area contributed by atoms with Gasteiger partial charge in [-0.25, -0.2) is 4.98 Å². The Hall–Kier alpha value is -2.22. The highest BCUT2D eigenvalue weighted by atomic mass is 32.1. The summed E-state index contributed by atoms with van der Waals surface area (Å²) in [5.74, 6) is 0.111. The number of carbonyl (C=O) groups excluding carboxylic acids is 2. The van der Waals surface area contributed by atoms with Crippen LogP contribution in [0.4, 0.5) is 5.13 Å². The van der Waals surface area contributed by atoms with Gasteiger partial charge in [0, 0.05) is 24.0 Å². The largest absolute Gasteiger partial charge is 0.466 e. The molecule has 2 aromatic heterocycles. The molecule has 0 saturated carbocycles. The van der Waals surface area contributed by atoms with E-state index in [1.54, 1.807) is 12.3 Å². The highest BCUT2D eigenvalue weighted by Crippen LogP contribution is 2.19. The molecule has 1 amide bonds. The molecule has 0 aliphatic carbocycles. The molecule has 0 unspecified atom stereocenters. The maximum absolute atomic E-state index is 12.3. The van der Waals surface area contributed by atoms with Crippen molar-refractivity contribution in [2.24, 2.45) is 5.92 Å². The lowest BCUT2D eigenvalue weighted by atomic mass is 10.1. The predicted octanol–water partition coefficient (Wildman–Crippen LogP) is 3.29. The second-order valence-electron chi connectivity index (χ2n) is 6.90. The van der Waals surface area contributed by atoms with E-state index in [1.165, 1.54) is 11.3 Å². The summed E-state index contributed by atoms with van der Waals surface area (Å²) >= 11 is 1.31. The lowest BCUT2D eigenvalue weighted by Gasteiger charge is -2.08. The highest BCUT2D eigenvalue weighted by molar-refractivity contribution is 7.13. The van der Waals surface area contributed by atoms with Gasteiger partial charge in [0.15, 0.2) is 5.13 Å². The van der Waals surface area contributed by atoms with Crippen LogP contribution in [-0.4, -0.2) is 33.2 Å². The molecule has 7 nitrogen and oxygen atoms in total. The molecule has 148 valence electrons. The molecule has 2 heterocycles. The second-order valence-corrected chi connectivity index (χ2v) is 7.76. The number of carbonyl (C=O) groups is 2. The Labute approximate surface area is 164 Å². The first kappa shape index (κ1) is 21.1. The minimum atomic E-state index is -0.315.